The van der Waals surface area contributed by atoms with Crippen molar-refractivity contribution in [3.8, 4) is 0 Å². The van der Waals surface area contributed by atoms with Gasteiger partial charge in [0.05, 0.1) is 0 Å². The van der Waals surface area contributed by atoms with Crippen LogP contribution in [-0.4, -0.2) is 18.0 Å². The Kier molecular flexibility index (Phi) is 3.87. The van der Waals surface area contributed by atoms with Gasteiger partial charge in [-0.2, -0.15) is 0 Å². The summed E-state index contributed by atoms with van der Waals surface area (Å²) < 4.78 is 1.01. The first-order valence-electron chi connectivity index (χ1n) is 5.95. The lowest BCUT2D eigenvalue weighted by molar-refractivity contribution is 0.315. The molecule has 1 atom stereocenters. The fourth-order valence-electron chi connectivity index (χ4n) is 2.32. The number of likely N-dealkylation sites (tertiary alicyclic amines) is 1. The van der Waals surface area contributed by atoms with Crippen molar-refractivity contribution in [2.75, 3.05) is 18.8 Å². The summed E-state index contributed by atoms with van der Waals surface area (Å²) in [6.45, 7) is 5.82. The summed E-state index contributed by atoms with van der Waals surface area (Å²) in [5, 5.41) is 0. The molecule has 0 saturated carbocycles. The van der Waals surface area contributed by atoms with Gasteiger partial charge in [0.2, 0.25) is 0 Å². The Bertz CT molecular complexity index is 365. The predicted octanol–water partition coefficient (Wildman–Crippen LogP) is 3.26. The minimum atomic E-state index is 0.816. The number of nitrogens with two attached hydrogens (primary N) is 1. The first-order chi connectivity index (χ1) is 7.69. The van der Waals surface area contributed by atoms with E-state index in [1.54, 1.807) is 0 Å². The molecule has 2 N–H and O–H groups in total. The van der Waals surface area contributed by atoms with E-state index in [4.69, 9.17) is 5.73 Å². The third-order valence-electron chi connectivity index (χ3n) is 3.42. The highest BCUT2D eigenvalue weighted by atomic mass is 79.9. The van der Waals surface area contributed by atoms with Gasteiger partial charge < -0.3 is 5.73 Å². The minimum absolute atomic E-state index is 0.816. The van der Waals surface area contributed by atoms with Crippen LogP contribution in [-0.2, 0) is 6.54 Å². The van der Waals surface area contributed by atoms with Crippen LogP contribution in [0.3, 0.4) is 0 Å². The van der Waals surface area contributed by atoms with Crippen molar-refractivity contribution in [2.24, 2.45) is 5.92 Å². The number of anilines is 1. The molecule has 0 amide bonds. The molecule has 1 aliphatic heterocycles. The molecule has 1 unspecified atom stereocenters. The van der Waals surface area contributed by atoms with Crippen molar-refractivity contribution in [3.05, 3.63) is 28.2 Å². The third kappa shape index (κ3) is 2.77. The highest BCUT2D eigenvalue weighted by molar-refractivity contribution is 9.10. The summed E-state index contributed by atoms with van der Waals surface area (Å²) in [7, 11) is 0. The zero-order chi connectivity index (χ0) is 11.5. The number of rotatable bonds is 3. The van der Waals surface area contributed by atoms with Crippen molar-refractivity contribution < 1.29 is 0 Å². The van der Waals surface area contributed by atoms with Gasteiger partial charge in [-0.3, -0.25) is 4.90 Å². The van der Waals surface area contributed by atoms with Crippen LogP contribution in [0.25, 0.3) is 0 Å². The summed E-state index contributed by atoms with van der Waals surface area (Å²) in [6.07, 6.45) is 2.66. The smallest absolute Gasteiger partial charge is 0.0458 e. The average molecular weight is 283 g/mol. The quantitative estimate of drug-likeness (QED) is 0.863. The van der Waals surface area contributed by atoms with E-state index >= 15 is 0 Å². The molecule has 0 spiro atoms. The van der Waals surface area contributed by atoms with Gasteiger partial charge in [0.15, 0.2) is 0 Å². The maximum Gasteiger partial charge on any atom is 0.0458 e. The Balaban J connectivity index is 1.97. The molecule has 1 saturated heterocycles. The minimum Gasteiger partial charge on any atom is -0.398 e. The van der Waals surface area contributed by atoms with E-state index in [0.29, 0.717) is 0 Å². The SMILES string of the molecule is CCC1CCN(Cc2ccc(N)c(Br)c2)C1. The van der Waals surface area contributed by atoms with E-state index in [1.807, 2.05) is 6.07 Å². The topological polar surface area (TPSA) is 29.3 Å². The molecule has 2 rings (SSSR count). The Morgan fingerprint density at radius 1 is 1.50 bits per heavy atom. The summed E-state index contributed by atoms with van der Waals surface area (Å²) in [4.78, 5) is 2.53. The van der Waals surface area contributed by atoms with Crippen molar-refractivity contribution in [2.45, 2.75) is 26.3 Å². The van der Waals surface area contributed by atoms with E-state index in [0.717, 1.165) is 22.6 Å². The lowest BCUT2D eigenvalue weighted by Crippen LogP contribution is -2.20. The standard InChI is InChI=1S/C13H19BrN2/c1-2-10-5-6-16(8-10)9-11-3-4-13(15)12(14)7-11/h3-4,7,10H,2,5-6,8-9,15H2,1H3. The predicted molar refractivity (Wildman–Crippen MR) is 72.2 cm³/mol. The molecule has 0 radical (unpaired) electrons. The van der Waals surface area contributed by atoms with Crippen LogP contribution in [0, 0.1) is 5.92 Å². The molecular formula is C13H19BrN2. The van der Waals surface area contributed by atoms with Crippen LogP contribution in [0.2, 0.25) is 0 Å². The van der Waals surface area contributed by atoms with Gasteiger partial charge in [0.25, 0.3) is 0 Å². The van der Waals surface area contributed by atoms with E-state index in [2.05, 4.69) is 39.9 Å². The fourth-order valence-corrected chi connectivity index (χ4v) is 2.74. The molecule has 2 nitrogen and oxygen atoms in total. The van der Waals surface area contributed by atoms with Crippen LogP contribution in [0.1, 0.15) is 25.3 Å². The lowest BCUT2D eigenvalue weighted by atomic mass is 10.1. The number of halogens is 1. The molecular weight excluding hydrogens is 264 g/mol. The van der Waals surface area contributed by atoms with Crippen LogP contribution in [0.5, 0.6) is 0 Å². The van der Waals surface area contributed by atoms with Crippen molar-refractivity contribution >= 4 is 21.6 Å². The Morgan fingerprint density at radius 2 is 2.31 bits per heavy atom. The molecule has 3 heteroatoms. The molecule has 16 heavy (non-hydrogen) atoms. The van der Waals surface area contributed by atoms with Gasteiger partial charge in [-0.15, -0.1) is 0 Å². The number of nitrogen functional groups attached to an aromatic ring is 1. The van der Waals surface area contributed by atoms with Crippen LogP contribution in [0.4, 0.5) is 5.69 Å². The number of nitrogens with zero attached hydrogens (tertiary/aromatic N) is 1. The van der Waals surface area contributed by atoms with E-state index in [1.165, 1.54) is 31.5 Å². The number of benzene rings is 1. The first kappa shape index (κ1) is 11.9. The maximum absolute atomic E-state index is 5.78. The Hall–Kier alpha value is -0.540. The van der Waals surface area contributed by atoms with Gasteiger partial charge in [-0.05, 0) is 52.5 Å². The lowest BCUT2D eigenvalue weighted by Gasteiger charge is -2.16. The summed E-state index contributed by atoms with van der Waals surface area (Å²) in [5.74, 6) is 0.900. The van der Waals surface area contributed by atoms with Crippen LogP contribution >= 0.6 is 15.9 Å². The molecule has 0 bridgehead atoms. The van der Waals surface area contributed by atoms with Gasteiger partial charge in [-0.1, -0.05) is 19.4 Å². The molecule has 0 aliphatic carbocycles. The molecule has 1 heterocycles. The van der Waals surface area contributed by atoms with Gasteiger partial charge in [-0.25, -0.2) is 0 Å². The van der Waals surface area contributed by atoms with E-state index < -0.39 is 0 Å². The maximum atomic E-state index is 5.78. The summed E-state index contributed by atoms with van der Waals surface area (Å²) in [5.41, 5.74) is 7.94. The molecule has 1 aromatic carbocycles. The second-order valence-electron chi connectivity index (χ2n) is 4.65. The zero-order valence-electron chi connectivity index (χ0n) is 9.75. The monoisotopic (exact) mass is 282 g/mol. The Morgan fingerprint density at radius 3 is 2.94 bits per heavy atom. The highest BCUT2D eigenvalue weighted by Gasteiger charge is 2.20. The second kappa shape index (κ2) is 5.19. The van der Waals surface area contributed by atoms with E-state index in [9.17, 15) is 0 Å². The van der Waals surface area contributed by atoms with Gasteiger partial charge in [0, 0.05) is 23.2 Å². The van der Waals surface area contributed by atoms with Gasteiger partial charge in [0.1, 0.15) is 0 Å². The summed E-state index contributed by atoms with van der Waals surface area (Å²) >= 11 is 3.48. The highest BCUT2D eigenvalue weighted by Crippen LogP contribution is 2.24. The van der Waals surface area contributed by atoms with E-state index in [-0.39, 0.29) is 0 Å². The molecule has 1 aliphatic rings. The van der Waals surface area contributed by atoms with Crippen LogP contribution < -0.4 is 5.73 Å². The van der Waals surface area contributed by atoms with Gasteiger partial charge >= 0.3 is 0 Å². The molecule has 1 fully saturated rings. The third-order valence-corrected chi connectivity index (χ3v) is 4.11. The van der Waals surface area contributed by atoms with Crippen molar-refractivity contribution in [1.82, 2.24) is 4.90 Å². The molecule has 0 aromatic heterocycles. The Labute approximate surface area is 106 Å². The summed E-state index contributed by atoms with van der Waals surface area (Å²) in [6, 6.07) is 6.24. The zero-order valence-corrected chi connectivity index (χ0v) is 11.3. The molecule has 88 valence electrons. The van der Waals surface area contributed by atoms with Crippen molar-refractivity contribution in [1.29, 1.82) is 0 Å². The molecule has 1 aromatic rings. The number of hydrogen-bond acceptors (Lipinski definition) is 2. The van der Waals surface area contributed by atoms with Crippen molar-refractivity contribution in [3.63, 3.8) is 0 Å². The number of hydrogen-bond donors (Lipinski definition) is 1. The normalized spacial score (nSPS) is 21.5. The first-order valence-corrected chi connectivity index (χ1v) is 6.74. The second-order valence-corrected chi connectivity index (χ2v) is 5.51. The average Bonchev–Trinajstić information content (AvgIpc) is 2.71. The largest absolute Gasteiger partial charge is 0.398 e. The fraction of sp³-hybridized carbons (Fsp3) is 0.538. The van der Waals surface area contributed by atoms with Crippen LogP contribution in [0.15, 0.2) is 22.7 Å².